The van der Waals surface area contributed by atoms with Gasteiger partial charge < -0.3 is 19.7 Å². The van der Waals surface area contributed by atoms with Crippen LogP contribution in [0.25, 0.3) is 0 Å². The van der Waals surface area contributed by atoms with Gasteiger partial charge in [0.1, 0.15) is 18.0 Å². The maximum atomic E-state index is 13.3. The molecule has 4 rings (SSSR count). The first-order valence-corrected chi connectivity index (χ1v) is 15.1. The Morgan fingerprint density at radius 2 is 1.60 bits per heavy atom. The summed E-state index contributed by atoms with van der Waals surface area (Å²) in [4.78, 5) is 29.8. The summed E-state index contributed by atoms with van der Waals surface area (Å²) in [6.45, 7) is 13.0. The predicted molar refractivity (Wildman–Crippen MR) is 170 cm³/mol. The third-order valence-electron chi connectivity index (χ3n) is 7.30. The van der Waals surface area contributed by atoms with Gasteiger partial charge in [-0.2, -0.15) is 0 Å². The number of hydrogen-bond acceptors (Lipinski definition) is 4. The molecule has 7 nitrogen and oxygen atoms in total. The molecule has 1 fully saturated rings. The van der Waals surface area contributed by atoms with Crippen molar-refractivity contribution in [1.82, 2.24) is 15.1 Å². The Morgan fingerprint density at radius 1 is 0.976 bits per heavy atom. The number of rotatable bonds is 7. The van der Waals surface area contributed by atoms with Crippen molar-refractivity contribution in [3.63, 3.8) is 0 Å². The molecule has 42 heavy (non-hydrogen) atoms. The smallest absolute Gasteiger partial charge is 0.410 e. The van der Waals surface area contributed by atoms with Crippen LogP contribution in [0.2, 0.25) is 0 Å². The number of ether oxygens (including phenoxy) is 2. The van der Waals surface area contributed by atoms with E-state index >= 15 is 0 Å². The molecule has 0 radical (unpaired) electrons. The molecule has 0 aromatic heterocycles. The number of urea groups is 1. The molecule has 1 N–H and O–H groups in total. The number of aryl methyl sites for hydroxylation is 3. The lowest BCUT2D eigenvalue weighted by molar-refractivity contribution is 0.0221. The fourth-order valence-electron chi connectivity index (χ4n) is 5.29. The van der Waals surface area contributed by atoms with E-state index in [4.69, 9.17) is 9.47 Å². The van der Waals surface area contributed by atoms with Gasteiger partial charge in [-0.25, -0.2) is 9.59 Å². The number of nitrogens with one attached hydrogen (secondary N) is 1. The quantitative estimate of drug-likeness (QED) is 0.287. The lowest BCUT2D eigenvalue weighted by Gasteiger charge is -2.28. The van der Waals surface area contributed by atoms with E-state index in [0.29, 0.717) is 26.1 Å². The Morgan fingerprint density at radius 3 is 2.19 bits per heavy atom. The number of carbonyl (C=O) groups is 2. The minimum atomic E-state index is -0.611. The van der Waals surface area contributed by atoms with Crippen LogP contribution in [0.4, 0.5) is 9.59 Å². The number of nitrogens with zero attached hydrogens (tertiary/aromatic N) is 2. The van der Waals surface area contributed by atoms with Crippen molar-refractivity contribution in [3.8, 4) is 5.75 Å². The van der Waals surface area contributed by atoms with E-state index in [1.54, 1.807) is 16.8 Å². The molecule has 8 heteroatoms. The van der Waals surface area contributed by atoms with Crippen LogP contribution in [0.3, 0.4) is 0 Å². The maximum absolute atomic E-state index is 13.3. The number of amides is 3. The molecule has 3 aromatic rings. The first kappa shape index (κ1) is 31.4. The van der Waals surface area contributed by atoms with Crippen LogP contribution < -0.4 is 10.1 Å². The normalized spacial score (nSPS) is 16.7. The molecule has 3 amide bonds. The first-order valence-electron chi connectivity index (χ1n) is 14.3. The maximum Gasteiger partial charge on any atom is 0.410 e. The lowest BCUT2D eigenvalue weighted by Crippen LogP contribution is -2.44. The summed E-state index contributed by atoms with van der Waals surface area (Å²) in [7, 11) is 1.79. The highest BCUT2D eigenvalue weighted by Gasteiger charge is 2.39. The molecule has 1 saturated heterocycles. The molecular weight excluding hydrogens is 594 g/mol. The molecule has 0 bridgehead atoms. The van der Waals surface area contributed by atoms with Crippen LogP contribution in [-0.2, 0) is 17.9 Å². The van der Waals surface area contributed by atoms with Gasteiger partial charge in [0.2, 0.25) is 0 Å². The van der Waals surface area contributed by atoms with Gasteiger partial charge in [-0.1, -0.05) is 70.0 Å². The van der Waals surface area contributed by atoms with E-state index in [0.717, 1.165) is 38.0 Å². The third-order valence-corrected chi connectivity index (χ3v) is 7.83. The zero-order valence-electron chi connectivity index (χ0n) is 25.7. The van der Waals surface area contributed by atoms with Gasteiger partial charge in [-0.05, 0) is 87.9 Å². The fourth-order valence-corrected chi connectivity index (χ4v) is 5.56. The Hall–Kier alpha value is -3.52. The Balaban J connectivity index is 1.39. The molecule has 3 aromatic carbocycles. The number of halogens is 1. The van der Waals surface area contributed by atoms with Crippen molar-refractivity contribution in [2.75, 3.05) is 13.6 Å². The van der Waals surface area contributed by atoms with Crippen molar-refractivity contribution in [2.45, 2.75) is 78.8 Å². The van der Waals surface area contributed by atoms with Gasteiger partial charge in [0.05, 0.1) is 12.1 Å². The zero-order chi connectivity index (χ0) is 30.6. The van der Waals surface area contributed by atoms with E-state index in [2.05, 4.69) is 64.6 Å². The minimum absolute atomic E-state index is 0.185. The van der Waals surface area contributed by atoms with E-state index < -0.39 is 5.60 Å². The topological polar surface area (TPSA) is 71.1 Å². The van der Waals surface area contributed by atoms with Crippen LogP contribution in [0.5, 0.6) is 5.75 Å². The van der Waals surface area contributed by atoms with E-state index in [1.807, 2.05) is 58.9 Å². The fraction of sp³-hybridized carbons (Fsp3) is 0.412. The number of carbonyl (C=O) groups excluding carboxylic acids is 2. The van der Waals surface area contributed by atoms with Crippen LogP contribution in [0.1, 0.15) is 66.6 Å². The predicted octanol–water partition coefficient (Wildman–Crippen LogP) is 7.85. The lowest BCUT2D eigenvalue weighted by atomic mass is 10.0. The Kier molecular flexibility index (Phi) is 9.87. The largest absolute Gasteiger partial charge is 0.488 e. The minimum Gasteiger partial charge on any atom is -0.488 e. The second-order valence-electron chi connectivity index (χ2n) is 12.3. The number of likely N-dealkylation sites (tertiary alicyclic amines) is 1. The van der Waals surface area contributed by atoms with Crippen LogP contribution in [-0.4, -0.2) is 47.2 Å². The van der Waals surface area contributed by atoms with Crippen LogP contribution >= 0.6 is 15.9 Å². The summed E-state index contributed by atoms with van der Waals surface area (Å²) in [6.07, 6.45) is 0.224. The van der Waals surface area contributed by atoms with E-state index in [9.17, 15) is 9.59 Å². The third kappa shape index (κ3) is 8.28. The highest BCUT2D eigenvalue weighted by atomic mass is 79.9. The summed E-state index contributed by atoms with van der Waals surface area (Å²) < 4.78 is 12.8. The van der Waals surface area contributed by atoms with Gasteiger partial charge in [0.25, 0.3) is 0 Å². The van der Waals surface area contributed by atoms with Gasteiger partial charge >= 0.3 is 12.1 Å². The number of benzene rings is 3. The average Bonchev–Trinajstić information content (AvgIpc) is 3.32. The zero-order valence-corrected chi connectivity index (χ0v) is 27.2. The van der Waals surface area contributed by atoms with Gasteiger partial charge in [0.15, 0.2) is 0 Å². The van der Waals surface area contributed by atoms with Crippen molar-refractivity contribution in [1.29, 1.82) is 0 Å². The second-order valence-corrected chi connectivity index (χ2v) is 13.2. The second kappa shape index (κ2) is 13.2. The summed E-state index contributed by atoms with van der Waals surface area (Å²) in [5.41, 5.74) is 5.84. The summed E-state index contributed by atoms with van der Waals surface area (Å²) in [5, 5.41) is 3.14. The van der Waals surface area contributed by atoms with Crippen LogP contribution in [0, 0.1) is 20.8 Å². The molecule has 0 spiro atoms. The van der Waals surface area contributed by atoms with Crippen LogP contribution in [0.15, 0.2) is 65.1 Å². The van der Waals surface area contributed by atoms with E-state index in [-0.39, 0.29) is 24.2 Å². The highest BCUT2D eigenvalue weighted by molar-refractivity contribution is 9.10. The Labute approximate surface area is 258 Å². The first-order chi connectivity index (χ1) is 19.8. The average molecular weight is 637 g/mol. The van der Waals surface area contributed by atoms with Gasteiger partial charge in [-0.3, -0.25) is 4.90 Å². The highest BCUT2D eigenvalue weighted by Crippen LogP contribution is 2.34. The summed E-state index contributed by atoms with van der Waals surface area (Å²) in [5.74, 6) is 0.874. The molecule has 1 aliphatic heterocycles. The van der Waals surface area contributed by atoms with Crippen molar-refractivity contribution in [3.05, 3.63) is 98.5 Å². The van der Waals surface area contributed by atoms with E-state index in [1.165, 1.54) is 5.56 Å². The molecule has 2 unspecified atom stereocenters. The molecule has 2 atom stereocenters. The van der Waals surface area contributed by atoms with Gasteiger partial charge in [-0.15, -0.1) is 0 Å². The SMILES string of the molecule is Cc1ccc(COc2c(C)cc(CN(C)C(=O)NC3CC(c4ccc(Br)cc4)N(C(=O)OC(C)(C)C)C3)cc2C)cc1. The molecule has 1 heterocycles. The van der Waals surface area contributed by atoms with Gasteiger partial charge in [0, 0.05) is 24.6 Å². The molecule has 1 aliphatic rings. The molecular formula is C34H42BrN3O4. The standard InChI is InChI=1S/C34H42BrN3O4/c1-22-8-10-25(11-9-22)21-41-31-23(2)16-26(17-24(31)3)19-37(7)32(39)36-29-18-30(27-12-14-28(35)15-13-27)38(20-29)33(40)42-34(4,5)6/h8-17,29-30H,18-21H2,1-7H3,(H,36,39). The summed E-state index contributed by atoms with van der Waals surface area (Å²) in [6, 6.07) is 19.8. The monoisotopic (exact) mass is 635 g/mol. The van der Waals surface area contributed by atoms with Crippen molar-refractivity contribution < 1.29 is 19.1 Å². The molecule has 0 saturated carbocycles. The molecule has 224 valence electrons. The van der Waals surface area contributed by atoms with Crippen molar-refractivity contribution in [2.24, 2.45) is 0 Å². The number of hydrogen-bond donors (Lipinski definition) is 1. The molecule has 0 aliphatic carbocycles. The Bertz CT molecular complexity index is 1380. The summed E-state index contributed by atoms with van der Waals surface area (Å²) >= 11 is 3.48. The van der Waals surface area contributed by atoms with Crippen molar-refractivity contribution >= 4 is 28.1 Å².